The van der Waals surface area contributed by atoms with E-state index in [1.807, 2.05) is 24.3 Å². The maximum absolute atomic E-state index is 12.0. The molecule has 2 rings (SSSR count). The predicted octanol–water partition coefficient (Wildman–Crippen LogP) is 2.72. The van der Waals surface area contributed by atoms with Gasteiger partial charge in [0.25, 0.3) is 5.91 Å². The van der Waals surface area contributed by atoms with Crippen molar-refractivity contribution in [3.05, 3.63) is 69.3 Å². The maximum atomic E-state index is 12.0. The highest BCUT2D eigenvalue weighted by Crippen LogP contribution is 2.09. The molecular weight excluding hydrogens is 381 g/mol. The summed E-state index contributed by atoms with van der Waals surface area (Å²) < 4.78 is 1.08. The average Bonchev–Trinajstić information content (AvgIpc) is 2.49. The number of nitrogens with one attached hydrogen (secondary N) is 1. The molecular formula is C16H14INO3. The molecule has 2 aromatic carbocycles. The van der Waals surface area contributed by atoms with E-state index in [2.05, 4.69) is 27.9 Å². The molecule has 0 unspecified atom stereocenters. The van der Waals surface area contributed by atoms with E-state index in [1.165, 1.54) is 0 Å². The Hall–Kier alpha value is -1.89. The number of amides is 1. The third kappa shape index (κ3) is 4.56. The van der Waals surface area contributed by atoms with Crippen molar-refractivity contribution in [3.63, 3.8) is 0 Å². The first kappa shape index (κ1) is 15.5. The standard InChI is InChI=1S/C16H14INO3/c17-13-8-6-11(7-9-13)10-14(16(20)21)18-15(19)12-4-2-1-3-5-12/h1-9,14H,10H2,(H,18,19)(H,20,21)/t14-/m0/s1. The smallest absolute Gasteiger partial charge is 0.326 e. The molecule has 108 valence electrons. The van der Waals surface area contributed by atoms with Gasteiger partial charge < -0.3 is 10.4 Å². The molecule has 2 aromatic rings. The SMILES string of the molecule is O=C(N[C@@H](Cc1ccc(I)cc1)C(=O)O)c1ccccc1. The second-order valence-corrected chi connectivity index (χ2v) is 5.81. The fraction of sp³-hybridized carbons (Fsp3) is 0.125. The number of benzene rings is 2. The average molecular weight is 395 g/mol. The molecule has 0 aromatic heterocycles. The van der Waals surface area contributed by atoms with Gasteiger partial charge in [-0.25, -0.2) is 4.79 Å². The molecule has 0 aliphatic carbocycles. The van der Waals surface area contributed by atoms with Crippen LogP contribution in [0.1, 0.15) is 15.9 Å². The van der Waals surface area contributed by atoms with Crippen molar-refractivity contribution in [2.45, 2.75) is 12.5 Å². The van der Waals surface area contributed by atoms with Crippen LogP contribution in [-0.4, -0.2) is 23.0 Å². The summed E-state index contributed by atoms with van der Waals surface area (Å²) in [5.41, 5.74) is 1.32. The van der Waals surface area contributed by atoms with Crippen LogP contribution in [0.3, 0.4) is 0 Å². The van der Waals surface area contributed by atoms with Gasteiger partial charge in [-0.05, 0) is 52.4 Å². The van der Waals surface area contributed by atoms with E-state index in [9.17, 15) is 14.7 Å². The van der Waals surface area contributed by atoms with Crippen molar-refractivity contribution >= 4 is 34.5 Å². The van der Waals surface area contributed by atoms with Gasteiger partial charge in [-0.15, -0.1) is 0 Å². The van der Waals surface area contributed by atoms with E-state index < -0.39 is 12.0 Å². The largest absolute Gasteiger partial charge is 0.480 e. The first-order valence-electron chi connectivity index (χ1n) is 6.39. The van der Waals surface area contributed by atoms with Crippen molar-refractivity contribution in [2.24, 2.45) is 0 Å². The highest BCUT2D eigenvalue weighted by atomic mass is 127. The minimum atomic E-state index is -1.04. The molecule has 0 saturated heterocycles. The summed E-state index contributed by atoms with van der Waals surface area (Å²) >= 11 is 2.19. The Balaban J connectivity index is 2.07. The van der Waals surface area contributed by atoms with E-state index in [0.29, 0.717) is 5.56 Å². The first-order chi connectivity index (χ1) is 10.1. The quantitative estimate of drug-likeness (QED) is 0.766. The van der Waals surface area contributed by atoms with Crippen LogP contribution in [0.25, 0.3) is 0 Å². The molecule has 21 heavy (non-hydrogen) atoms. The molecule has 0 aliphatic rings. The topological polar surface area (TPSA) is 66.4 Å². The van der Waals surface area contributed by atoms with Crippen LogP contribution < -0.4 is 5.32 Å². The number of carbonyl (C=O) groups is 2. The number of halogens is 1. The molecule has 0 bridgehead atoms. The van der Waals surface area contributed by atoms with E-state index in [4.69, 9.17) is 0 Å². The van der Waals surface area contributed by atoms with Crippen molar-refractivity contribution in [3.8, 4) is 0 Å². The molecule has 5 heteroatoms. The van der Waals surface area contributed by atoms with E-state index in [0.717, 1.165) is 9.13 Å². The first-order valence-corrected chi connectivity index (χ1v) is 7.47. The molecule has 0 spiro atoms. The maximum Gasteiger partial charge on any atom is 0.326 e. The Bertz CT molecular complexity index is 626. The number of carbonyl (C=O) groups excluding carboxylic acids is 1. The highest BCUT2D eigenvalue weighted by Gasteiger charge is 2.20. The zero-order valence-electron chi connectivity index (χ0n) is 11.1. The summed E-state index contributed by atoms with van der Waals surface area (Å²) in [4.78, 5) is 23.3. The third-order valence-corrected chi connectivity index (χ3v) is 3.71. The van der Waals surface area contributed by atoms with Crippen LogP contribution in [0.15, 0.2) is 54.6 Å². The molecule has 1 amide bonds. The summed E-state index contributed by atoms with van der Waals surface area (Å²) in [6, 6.07) is 15.2. The Kier molecular flexibility index (Phi) is 5.32. The molecule has 0 heterocycles. The van der Waals surface area contributed by atoms with Gasteiger partial charge in [0.05, 0.1) is 0 Å². The number of carboxylic acids is 1. The zero-order chi connectivity index (χ0) is 15.2. The third-order valence-electron chi connectivity index (χ3n) is 2.99. The van der Waals surface area contributed by atoms with Crippen LogP contribution in [0, 0.1) is 3.57 Å². The number of rotatable bonds is 5. The molecule has 0 radical (unpaired) electrons. The second kappa shape index (κ2) is 7.21. The van der Waals surface area contributed by atoms with Crippen molar-refractivity contribution in [2.75, 3.05) is 0 Å². The van der Waals surface area contributed by atoms with Crippen LogP contribution in [-0.2, 0) is 11.2 Å². The van der Waals surface area contributed by atoms with E-state index in [-0.39, 0.29) is 12.3 Å². The lowest BCUT2D eigenvalue weighted by molar-refractivity contribution is -0.139. The van der Waals surface area contributed by atoms with Gasteiger partial charge in [-0.2, -0.15) is 0 Å². The molecule has 2 N–H and O–H groups in total. The number of carboxylic acid groups (broad SMARTS) is 1. The van der Waals surface area contributed by atoms with Gasteiger partial charge in [0.1, 0.15) is 6.04 Å². The molecule has 1 atom stereocenters. The van der Waals surface area contributed by atoms with Crippen LogP contribution in [0.2, 0.25) is 0 Å². The minimum Gasteiger partial charge on any atom is -0.480 e. The lowest BCUT2D eigenvalue weighted by Gasteiger charge is -2.14. The Labute approximate surface area is 136 Å². The second-order valence-electron chi connectivity index (χ2n) is 4.56. The lowest BCUT2D eigenvalue weighted by Crippen LogP contribution is -2.42. The normalized spacial score (nSPS) is 11.7. The Morgan fingerprint density at radius 1 is 1.05 bits per heavy atom. The van der Waals surface area contributed by atoms with Gasteiger partial charge in [0.15, 0.2) is 0 Å². The summed E-state index contributed by atoms with van der Waals surface area (Å²) in [5.74, 6) is -1.42. The zero-order valence-corrected chi connectivity index (χ0v) is 13.3. The number of aliphatic carboxylic acids is 1. The van der Waals surface area contributed by atoms with Gasteiger partial charge >= 0.3 is 5.97 Å². The molecule has 0 saturated carbocycles. The molecule has 0 fully saturated rings. The summed E-state index contributed by atoms with van der Waals surface area (Å²) in [5, 5.41) is 11.8. The van der Waals surface area contributed by atoms with Crippen LogP contribution >= 0.6 is 22.6 Å². The van der Waals surface area contributed by atoms with Gasteiger partial charge in [-0.1, -0.05) is 30.3 Å². The minimum absolute atomic E-state index is 0.255. The van der Waals surface area contributed by atoms with E-state index in [1.54, 1.807) is 30.3 Å². The number of hydrogen-bond acceptors (Lipinski definition) is 2. The lowest BCUT2D eigenvalue weighted by atomic mass is 10.1. The Morgan fingerprint density at radius 3 is 2.24 bits per heavy atom. The van der Waals surface area contributed by atoms with Gasteiger partial charge in [-0.3, -0.25) is 4.79 Å². The van der Waals surface area contributed by atoms with Gasteiger partial charge in [0.2, 0.25) is 0 Å². The molecule has 4 nitrogen and oxygen atoms in total. The van der Waals surface area contributed by atoms with Gasteiger partial charge in [0, 0.05) is 15.6 Å². The monoisotopic (exact) mass is 395 g/mol. The summed E-state index contributed by atoms with van der Waals surface area (Å²) in [6.45, 7) is 0. The summed E-state index contributed by atoms with van der Waals surface area (Å²) in [6.07, 6.45) is 0.255. The fourth-order valence-corrected chi connectivity index (χ4v) is 2.25. The van der Waals surface area contributed by atoms with Crippen molar-refractivity contribution in [1.82, 2.24) is 5.32 Å². The van der Waals surface area contributed by atoms with Crippen LogP contribution in [0.4, 0.5) is 0 Å². The van der Waals surface area contributed by atoms with Crippen molar-refractivity contribution in [1.29, 1.82) is 0 Å². The predicted molar refractivity (Wildman–Crippen MR) is 88.2 cm³/mol. The number of hydrogen-bond donors (Lipinski definition) is 2. The summed E-state index contributed by atoms with van der Waals surface area (Å²) in [7, 11) is 0. The van der Waals surface area contributed by atoms with E-state index >= 15 is 0 Å². The fourth-order valence-electron chi connectivity index (χ4n) is 1.89. The highest BCUT2D eigenvalue weighted by molar-refractivity contribution is 14.1. The molecule has 0 aliphatic heterocycles. The van der Waals surface area contributed by atoms with Crippen molar-refractivity contribution < 1.29 is 14.7 Å². The van der Waals surface area contributed by atoms with Crippen LogP contribution in [0.5, 0.6) is 0 Å². The Morgan fingerprint density at radius 2 is 1.67 bits per heavy atom.